The first-order valence-electron chi connectivity index (χ1n) is 9.46. The van der Waals surface area contributed by atoms with Gasteiger partial charge in [-0.1, -0.05) is 84.4 Å². The van der Waals surface area contributed by atoms with Gasteiger partial charge in [0.1, 0.15) is 0 Å². The molecule has 136 valence electrons. The summed E-state index contributed by atoms with van der Waals surface area (Å²) in [5, 5.41) is 0. The number of rotatable bonds is 3. The Labute approximate surface area is 164 Å². The molecule has 5 aromatic rings. The maximum Gasteiger partial charge on any atom is 0.214 e. The van der Waals surface area contributed by atoms with E-state index >= 15 is 0 Å². The number of benzene rings is 3. The minimum atomic E-state index is 0.942. The molecule has 28 heavy (non-hydrogen) atoms. The van der Waals surface area contributed by atoms with Crippen molar-refractivity contribution in [1.82, 2.24) is 14.0 Å². The van der Waals surface area contributed by atoms with Gasteiger partial charge in [0.25, 0.3) is 0 Å². The van der Waals surface area contributed by atoms with E-state index in [4.69, 9.17) is 4.98 Å². The van der Waals surface area contributed by atoms with Gasteiger partial charge in [-0.05, 0) is 23.6 Å². The van der Waals surface area contributed by atoms with Gasteiger partial charge < -0.3 is 4.57 Å². The van der Waals surface area contributed by atoms with Crippen molar-refractivity contribution >= 4 is 5.78 Å². The molecule has 0 saturated carbocycles. The van der Waals surface area contributed by atoms with Crippen molar-refractivity contribution in [1.29, 1.82) is 0 Å². The average Bonchev–Trinajstić information content (AvgIpc) is 3.29. The van der Waals surface area contributed by atoms with Gasteiger partial charge in [0.05, 0.1) is 11.4 Å². The standard InChI is InChI=1S/C25H21N3/c1-18-8-10-22(11-9-18)24-17-28-16-23(26-25(28)27(24)2)21-14-12-20(13-15-21)19-6-4-3-5-7-19/h3-17H,1-2H3. The quantitative estimate of drug-likeness (QED) is 0.386. The third-order valence-electron chi connectivity index (χ3n) is 5.27. The van der Waals surface area contributed by atoms with Crippen LogP contribution in [0.2, 0.25) is 0 Å². The summed E-state index contributed by atoms with van der Waals surface area (Å²) in [5.41, 5.74) is 8.19. The van der Waals surface area contributed by atoms with Crippen molar-refractivity contribution in [2.75, 3.05) is 0 Å². The largest absolute Gasteiger partial charge is 0.313 e. The molecule has 0 saturated heterocycles. The minimum Gasteiger partial charge on any atom is -0.313 e. The molecule has 0 aliphatic rings. The van der Waals surface area contributed by atoms with Crippen molar-refractivity contribution in [3.63, 3.8) is 0 Å². The molecule has 0 bridgehead atoms. The Bertz CT molecular complexity index is 1240. The van der Waals surface area contributed by atoms with E-state index in [1.165, 1.54) is 22.3 Å². The average molecular weight is 363 g/mol. The molecule has 0 unspecified atom stereocenters. The SMILES string of the molecule is Cc1ccc(-c2cn3cc(-c4ccc(-c5ccccc5)cc4)nc3n2C)cc1. The molecule has 5 rings (SSSR count). The number of aromatic nitrogens is 3. The van der Waals surface area contributed by atoms with Crippen LogP contribution in [-0.2, 0) is 7.05 Å². The van der Waals surface area contributed by atoms with Crippen LogP contribution in [0.15, 0.2) is 91.3 Å². The van der Waals surface area contributed by atoms with E-state index in [2.05, 4.69) is 108 Å². The van der Waals surface area contributed by atoms with E-state index in [-0.39, 0.29) is 0 Å². The predicted octanol–water partition coefficient (Wildman–Crippen LogP) is 5.98. The van der Waals surface area contributed by atoms with Crippen LogP contribution in [0.3, 0.4) is 0 Å². The number of hydrogen-bond acceptors (Lipinski definition) is 1. The lowest BCUT2D eigenvalue weighted by Gasteiger charge is -2.04. The highest BCUT2D eigenvalue weighted by molar-refractivity contribution is 5.70. The Kier molecular flexibility index (Phi) is 3.87. The molecular formula is C25H21N3. The summed E-state index contributed by atoms with van der Waals surface area (Å²) in [6.07, 6.45) is 4.25. The highest BCUT2D eigenvalue weighted by Crippen LogP contribution is 2.27. The summed E-state index contributed by atoms with van der Waals surface area (Å²) in [6, 6.07) is 27.7. The van der Waals surface area contributed by atoms with Gasteiger partial charge in [-0.25, -0.2) is 4.98 Å². The first-order chi connectivity index (χ1) is 13.7. The zero-order valence-corrected chi connectivity index (χ0v) is 16.0. The Morgan fingerprint density at radius 1 is 0.643 bits per heavy atom. The second-order valence-corrected chi connectivity index (χ2v) is 7.22. The molecule has 0 atom stereocenters. The number of nitrogens with zero attached hydrogens (tertiary/aromatic N) is 3. The maximum atomic E-state index is 4.87. The number of imidazole rings is 2. The van der Waals surface area contributed by atoms with Gasteiger partial charge in [-0.3, -0.25) is 4.40 Å². The lowest BCUT2D eigenvalue weighted by Crippen LogP contribution is -1.92. The predicted molar refractivity (Wildman–Crippen MR) is 115 cm³/mol. The van der Waals surface area contributed by atoms with Crippen LogP contribution in [-0.4, -0.2) is 14.0 Å². The number of aryl methyl sites for hydroxylation is 2. The fraction of sp³-hybridized carbons (Fsp3) is 0.0800. The molecule has 3 aromatic carbocycles. The molecular weight excluding hydrogens is 342 g/mol. The van der Waals surface area contributed by atoms with E-state index in [0.717, 1.165) is 22.7 Å². The molecule has 0 spiro atoms. The van der Waals surface area contributed by atoms with Crippen LogP contribution in [0.25, 0.3) is 39.4 Å². The van der Waals surface area contributed by atoms with Crippen LogP contribution in [0.4, 0.5) is 0 Å². The van der Waals surface area contributed by atoms with Gasteiger partial charge in [-0.2, -0.15) is 0 Å². The number of hydrogen-bond donors (Lipinski definition) is 0. The molecule has 0 aliphatic carbocycles. The van der Waals surface area contributed by atoms with Crippen molar-refractivity contribution < 1.29 is 0 Å². The van der Waals surface area contributed by atoms with Crippen molar-refractivity contribution in [2.24, 2.45) is 7.05 Å². The van der Waals surface area contributed by atoms with Crippen molar-refractivity contribution in [2.45, 2.75) is 6.92 Å². The van der Waals surface area contributed by atoms with Gasteiger partial charge in [0.2, 0.25) is 5.78 Å². The summed E-state index contributed by atoms with van der Waals surface area (Å²) in [5.74, 6) is 0.942. The maximum absolute atomic E-state index is 4.87. The van der Waals surface area contributed by atoms with Crippen LogP contribution >= 0.6 is 0 Å². The monoisotopic (exact) mass is 363 g/mol. The lowest BCUT2D eigenvalue weighted by molar-refractivity contribution is 0.945. The molecule has 2 heterocycles. The first-order valence-corrected chi connectivity index (χ1v) is 9.46. The van der Waals surface area contributed by atoms with Crippen molar-refractivity contribution in [3.8, 4) is 33.6 Å². The molecule has 0 N–H and O–H groups in total. The van der Waals surface area contributed by atoms with Crippen LogP contribution in [0.5, 0.6) is 0 Å². The zero-order valence-electron chi connectivity index (χ0n) is 16.0. The summed E-state index contributed by atoms with van der Waals surface area (Å²) in [7, 11) is 2.07. The minimum absolute atomic E-state index is 0.942. The highest BCUT2D eigenvalue weighted by atomic mass is 15.2. The van der Waals surface area contributed by atoms with E-state index < -0.39 is 0 Å². The fourth-order valence-electron chi connectivity index (χ4n) is 3.65. The summed E-state index contributed by atoms with van der Waals surface area (Å²) < 4.78 is 4.25. The molecule has 3 heteroatoms. The molecule has 0 amide bonds. The van der Waals surface area contributed by atoms with E-state index in [1.54, 1.807) is 0 Å². The third-order valence-corrected chi connectivity index (χ3v) is 5.27. The normalized spacial score (nSPS) is 11.2. The Balaban J connectivity index is 1.50. The fourth-order valence-corrected chi connectivity index (χ4v) is 3.65. The lowest BCUT2D eigenvalue weighted by atomic mass is 10.0. The summed E-state index contributed by atoms with van der Waals surface area (Å²) in [4.78, 5) is 4.87. The van der Waals surface area contributed by atoms with Crippen LogP contribution in [0.1, 0.15) is 5.56 Å². The van der Waals surface area contributed by atoms with Crippen LogP contribution in [0, 0.1) is 6.92 Å². The van der Waals surface area contributed by atoms with Gasteiger partial charge in [-0.15, -0.1) is 0 Å². The van der Waals surface area contributed by atoms with Crippen LogP contribution < -0.4 is 0 Å². The topological polar surface area (TPSA) is 22.2 Å². The molecule has 0 fully saturated rings. The zero-order chi connectivity index (χ0) is 19.1. The Morgan fingerprint density at radius 3 is 1.93 bits per heavy atom. The van der Waals surface area contributed by atoms with Gasteiger partial charge >= 0.3 is 0 Å². The molecule has 0 radical (unpaired) electrons. The van der Waals surface area contributed by atoms with Gasteiger partial charge in [0.15, 0.2) is 0 Å². The van der Waals surface area contributed by atoms with E-state index in [1.807, 2.05) is 6.07 Å². The van der Waals surface area contributed by atoms with Crippen molar-refractivity contribution in [3.05, 3.63) is 96.8 Å². The third kappa shape index (κ3) is 2.81. The highest BCUT2D eigenvalue weighted by Gasteiger charge is 2.12. The Morgan fingerprint density at radius 2 is 1.25 bits per heavy atom. The number of fused-ring (bicyclic) bond motifs is 1. The van der Waals surface area contributed by atoms with Gasteiger partial charge in [0, 0.05) is 25.0 Å². The smallest absolute Gasteiger partial charge is 0.214 e. The summed E-state index contributed by atoms with van der Waals surface area (Å²) in [6.45, 7) is 2.11. The van der Waals surface area contributed by atoms with E-state index in [0.29, 0.717) is 0 Å². The molecule has 0 aliphatic heterocycles. The Hall–Kier alpha value is -3.59. The second kappa shape index (κ2) is 6.54. The second-order valence-electron chi connectivity index (χ2n) is 7.22. The molecule has 2 aromatic heterocycles. The molecule has 3 nitrogen and oxygen atoms in total. The summed E-state index contributed by atoms with van der Waals surface area (Å²) >= 11 is 0. The first kappa shape index (κ1) is 16.6. The van der Waals surface area contributed by atoms with E-state index in [9.17, 15) is 0 Å².